The minimum atomic E-state index is 0. The number of rotatable bonds is 0. The highest BCUT2D eigenvalue weighted by Crippen LogP contribution is 2.25. The number of nitrogen functional groups attached to an aromatic ring is 1. The van der Waals surface area contributed by atoms with Gasteiger partial charge in [0, 0.05) is 5.69 Å². The van der Waals surface area contributed by atoms with Crippen LogP contribution in [0.1, 0.15) is 5.69 Å². The summed E-state index contributed by atoms with van der Waals surface area (Å²) in [5.74, 6) is 0. The molecule has 0 saturated carbocycles. The van der Waals surface area contributed by atoms with Gasteiger partial charge in [-0.3, -0.25) is 0 Å². The highest BCUT2D eigenvalue weighted by atomic mass is 35.5. The first-order valence-electron chi connectivity index (χ1n) is 2.69. The second-order valence-electron chi connectivity index (χ2n) is 1.95. The number of pyridine rings is 1. The van der Waals surface area contributed by atoms with Crippen molar-refractivity contribution >= 4 is 41.3 Å². The van der Waals surface area contributed by atoms with E-state index in [1.165, 1.54) is 0 Å². The normalized spacial score (nSPS) is 9.00. The zero-order valence-electron chi connectivity index (χ0n) is 5.77. The Morgan fingerprint density at radius 1 is 1.45 bits per heavy atom. The third kappa shape index (κ3) is 2.40. The SMILES string of the molecule is Cc1cc(Cl)c(N)c(Cl)n1.Cl. The van der Waals surface area contributed by atoms with Crippen LogP contribution in [0, 0.1) is 6.92 Å². The molecule has 2 nitrogen and oxygen atoms in total. The molecular formula is C6H7Cl3N2. The average molecular weight is 213 g/mol. The summed E-state index contributed by atoms with van der Waals surface area (Å²) in [6.45, 7) is 1.80. The second kappa shape index (κ2) is 4.00. The molecule has 0 unspecified atom stereocenters. The van der Waals surface area contributed by atoms with Gasteiger partial charge in [0.25, 0.3) is 0 Å². The Balaban J connectivity index is 0.000001000. The van der Waals surface area contributed by atoms with Crippen LogP contribution >= 0.6 is 35.6 Å². The summed E-state index contributed by atoms with van der Waals surface area (Å²) in [5, 5.41) is 0.725. The Morgan fingerprint density at radius 2 is 2.00 bits per heavy atom. The van der Waals surface area contributed by atoms with E-state index in [4.69, 9.17) is 28.9 Å². The molecule has 62 valence electrons. The molecule has 0 aliphatic carbocycles. The molecule has 1 rings (SSSR count). The van der Waals surface area contributed by atoms with Gasteiger partial charge in [0.15, 0.2) is 5.15 Å². The lowest BCUT2D eigenvalue weighted by atomic mass is 10.3. The van der Waals surface area contributed by atoms with Gasteiger partial charge in [0.1, 0.15) is 0 Å². The molecule has 1 aromatic heterocycles. The van der Waals surface area contributed by atoms with Gasteiger partial charge >= 0.3 is 0 Å². The van der Waals surface area contributed by atoms with Crippen LogP contribution in [0.25, 0.3) is 0 Å². The standard InChI is InChI=1S/C6H6Cl2N2.ClH/c1-3-2-4(7)5(9)6(8)10-3;/h2H,9H2,1H3;1H. The molecule has 0 radical (unpaired) electrons. The van der Waals surface area contributed by atoms with Crippen molar-refractivity contribution in [1.29, 1.82) is 0 Å². The van der Waals surface area contributed by atoms with Crippen molar-refractivity contribution < 1.29 is 0 Å². The minimum absolute atomic E-state index is 0. The molecule has 0 aliphatic rings. The third-order valence-electron chi connectivity index (χ3n) is 1.09. The Morgan fingerprint density at radius 3 is 2.45 bits per heavy atom. The summed E-state index contributed by atoms with van der Waals surface area (Å²) < 4.78 is 0. The Bertz CT molecular complexity index is 239. The highest BCUT2D eigenvalue weighted by Gasteiger charge is 2.02. The first kappa shape index (κ1) is 10.8. The summed E-state index contributed by atoms with van der Waals surface area (Å²) in [6.07, 6.45) is 0. The monoisotopic (exact) mass is 212 g/mol. The lowest BCUT2D eigenvalue weighted by Gasteiger charge is -1.99. The first-order valence-corrected chi connectivity index (χ1v) is 3.45. The molecule has 0 saturated heterocycles. The fraction of sp³-hybridized carbons (Fsp3) is 0.167. The van der Waals surface area contributed by atoms with Gasteiger partial charge in [0.05, 0.1) is 10.7 Å². The van der Waals surface area contributed by atoms with Crippen molar-refractivity contribution in [2.45, 2.75) is 6.92 Å². The lowest BCUT2D eigenvalue weighted by molar-refractivity contribution is 1.20. The van der Waals surface area contributed by atoms with Crippen molar-refractivity contribution in [3.63, 3.8) is 0 Å². The van der Waals surface area contributed by atoms with Crippen LogP contribution in [-0.4, -0.2) is 4.98 Å². The molecule has 1 heterocycles. The van der Waals surface area contributed by atoms with Gasteiger partial charge in [-0.25, -0.2) is 4.98 Å². The van der Waals surface area contributed by atoms with Crippen LogP contribution in [0.15, 0.2) is 6.07 Å². The van der Waals surface area contributed by atoms with Crippen molar-refractivity contribution in [2.24, 2.45) is 0 Å². The molecule has 0 atom stereocenters. The summed E-state index contributed by atoms with van der Waals surface area (Å²) in [7, 11) is 0. The predicted octanol–water partition coefficient (Wildman–Crippen LogP) is 2.70. The number of aryl methyl sites for hydroxylation is 1. The molecule has 0 bridgehead atoms. The van der Waals surface area contributed by atoms with Crippen LogP contribution in [-0.2, 0) is 0 Å². The molecule has 0 fully saturated rings. The quantitative estimate of drug-likeness (QED) is 0.673. The smallest absolute Gasteiger partial charge is 0.153 e. The summed E-state index contributed by atoms with van der Waals surface area (Å²) >= 11 is 11.3. The minimum Gasteiger partial charge on any atom is -0.395 e. The molecule has 0 spiro atoms. The summed E-state index contributed by atoms with van der Waals surface area (Å²) in [4.78, 5) is 3.89. The number of halogens is 3. The van der Waals surface area contributed by atoms with E-state index in [1.807, 2.05) is 0 Å². The van der Waals surface area contributed by atoms with E-state index in [9.17, 15) is 0 Å². The van der Waals surface area contributed by atoms with Gasteiger partial charge in [-0.15, -0.1) is 12.4 Å². The molecule has 0 amide bonds. The fourth-order valence-corrected chi connectivity index (χ4v) is 1.14. The van der Waals surface area contributed by atoms with Gasteiger partial charge in [-0.1, -0.05) is 23.2 Å². The lowest BCUT2D eigenvalue weighted by Crippen LogP contribution is -1.92. The molecule has 1 aromatic rings. The summed E-state index contributed by atoms with van der Waals surface area (Å²) in [6, 6.07) is 1.67. The largest absolute Gasteiger partial charge is 0.395 e. The number of aromatic nitrogens is 1. The molecule has 2 N–H and O–H groups in total. The maximum absolute atomic E-state index is 5.67. The van der Waals surface area contributed by atoms with E-state index in [-0.39, 0.29) is 17.6 Å². The van der Waals surface area contributed by atoms with Gasteiger partial charge < -0.3 is 5.73 Å². The van der Waals surface area contributed by atoms with Gasteiger partial charge in [-0.2, -0.15) is 0 Å². The zero-order chi connectivity index (χ0) is 7.72. The average Bonchev–Trinajstić information content (AvgIpc) is 1.82. The third-order valence-corrected chi connectivity index (χ3v) is 1.69. The van der Waals surface area contributed by atoms with Crippen LogP contribution in [0.2, 0.25) is 10.2 Å². The molecule has 5 heteroatoms. The Labute approximate surface area is 81.1 Å². The van der Waals surface area contributed by atoms with Crippen LogP contribution in [0.3, 0.4) is 0 Å². The zero-order valence-corrected chi connectivity index (χ0v) is 8.09. The van der Waals surface area contributed by atoms with E-state index in [0.717, 1.165) is 5.69 Å². The molecule has 0 aromatic carbocycles. The number of hydrogen-bond acceptors (Lipinski definition) is 2. The van der Waals surface area contributed by atoms with Crippen LogP contribution in [0.5, 0.6) is 0 Å². The number of nitrogens with two attached hydrogens (primary N) is 1. The van der Waals surface area contributed by atoms with Gasteiger partial charge in [0.2, 0.25) is 0 Å². The number of hydrogen-bond donors (Lipinski definition) is 1. The van der Waals surface area contributed by atoms with Crippen molar-refractivity contribution in [3.05, 3.63) is 21.9 Å². The summed E-state index contributed by atoms with van der Waals surface area (Å²) in [5.41, 5.74) is 6.53. The van der Waals surface area contributed by atoms with Crippen molar-refractivity contribution in [2.75, 3.05) is 5.73 Å². The fourth-order valence-electron chi connectivity index (χ4n) is 0.607. The van der Waals surface area contributed by atoms with Gasteiger partial charge in [-0.05, 0) is 13.0 Å². The van der Waals surface area contributed by atoms with E-state index in [0.29, 0.717) is 10.7 Å². The number of nitrogens with zero attached hydrogens (tertiary/aromatic N) is 1. The Kier molecular flexibility index (Phi) is 3.93. The topological polar surface area (TPSA) is 38.9 Å². The first-order chi connectivity index (χ1) is 4.61. The Hall–Kier alpha value is -0.180. The van der Waals surface area contributed by atoms with Crippen molar-refractivity contribution in [3.8, 4) is 0 Å². The van der Waals surface area contributed by atoms with E-state index in [2.05, 4.69) is 4.98 Å². The molecule has 11 heavy (non-hydrogen) atoms. The van der Waals surface area contributed by atoms with Crippen LogP contribution in [0.4, 0.5) is 5.69 Å². The second-order valence-corrected chi connectivity index (χ2v) is 2.72. The molecule has 0 aliphatic heterocycles. The predicted molar refractivity (Wildman–Crippen MR) is 50.7 cm³/mol. The maximum atomic E-state index is 5.67. The maximum Gasteiger partial charge on any atom is 0.153 e. The highest BCUT2D eigenvalue weighted by molar-refractivity contribution is 6.38. The van der Waals surface area contributed by atoms with Crippen molar-refractivity contribution in [1.82, 2.24) is 4.98 Å². The van der Waals surface area contributed by atoms with E-state index >= 15 is 0 Å². The molecular weight excluding hydrogens is 206 g/mol. The number of anilines is 1. The van der Waals surface area contributed by atoms with E-state index in [1.54, 1.807) is 13.0 Å². The van der Waals surface area contributed by atoms with Crippen LogP contribution < -0.4 is 5.73 Å². The van der Waals surface area contributed by atoms with E-state index < -0.39 is 0 Å².